The van der Waals surface area contributed by atoms with Gasteiger partial charge in [0.2, 0.25) is 0 Å². The van der Waals surface area contributed by atoms with Crippen LogP contribution >= 0.6 is 0 Å². The van der Waals surface area contributed by atoms with Gasteiger partial charge in [-0.3, -0.25) is 4.55 Å². The quantitative estimate of drug-likeness (QED) is 0.663. The molecule has 0 saturated carbocycles. The van der Waals surface area contributed by atoms with E-state index in [2.05, 4.69) is 5.10 Å². The lowest BCUT2D eigenvalue weighted by Gasteiger charge is -2.05. The average Bonchev–Trinajstić information content (AvgIpc) is 2.98. The smallest absolute Gasteiger partial charge is 0.339 e. The molecule has 0 aliphatic carbocycles. The number of nitrogens with two attached hydrogens (primary N) is 1. The van der Waals surface area contributed by atoms with Crippen LogP contribution in [-0.4, -0.2) is 28.8 Å². The number of carbonyl (C=O) groups excluding carboxylic acids is 1. The van der Waals surface area contributed by atoms with Gasteiger partial charge in [0.25, 0.3) is 10.1 Å². The van der Waals surface area contributed by atoms with E-state index in [9.17, 15) is 13.2 Å². The van der Waals surface area contributed by atoms with Crippen LogP contribution < -0.4 is 10.5 Å². The maximum Gasteiger partial charge on any atom is 0.339 e. The summed E-state index contributed by atoms with van der Waals surface area (Å²) in [5.41, 5.74) is 6.14. The summed E-state index contributed by atoms with van der Waals surface area (Å²) in [6.45, 7) is 0. The van der Waals surface area contributed by atoms with Gasteiger partial charge in [-0.05, 0) is 42.5 Å². The number of rotatable bonds is 5. The highest BCUT2D eigenvalue weighted by atomic mass is 32.2. The van der Waals surface area contributed by atoms with Crippen LogP contribution in [0.15, 0.2) is 60.7 Å². The van der Waals surface area contributed by atoms with Crippen molar-refractivity contribution < 1.29 is 22.5 Å². The Hall–Kier alpha value is -3.17. The number of nitrogens with zero attached hydrogens (tertiary/aromatic N) is 2. The van der Waals surface area contributed by atoms with Gasteiger partial charge in [0.15, 0.2) is 0 Å². The van der Waals surface area contributed by atoms with Crippen molar-refractivity contribution >= 4 is 16.1 Å². The molecule has 8 nitrogen and oxygen atoms in total. The van der Waals surface area contributed by atoms with Crippen LogP contribution in [0.25, 0.3) is 11.3 Å². The molecule has 0 bridgehead atoms. The minimum absolute atomic E-state index is 0.0281. The molecular weight excluding hydrogens is 358 g/mol. The number of para-hydroxylation sites is 1. The van der Waals surface area contributed by atoms with E-state index in [1.807, 2.05) is 30.3 Å². The highest BCUT2D eigenvalue weighted by molar-refractivity contribution is 7.85. The third kappa shape index (κ3) is 4.26. The van der Waals surface area contributed by atoms with Gasteiger partial charge < -0.3 is 10.5 Å². The molecule has 9 heteroatoms. The van der Waals surface area contributed by atoms with Gasteiger partial charge in [0.1, 0.15) is 17.3 Å². The molecule has 2 aromatic carbocycles. The topological polar surface area (TPSA) is 125 Å². The van der Waals surface area contributed by atoms with Crippen LogP contribution in [0.4, 0.5) is 4.79 Å². The minimum atomic E-state index is -4.33. The number of benzene rings is 2. The Balaban J connectivity index is 1.87. The Morgan fingerprint density at radius 2 is 1.69 bits per heavy atom. The number of amides is 1. The van der Waals surface area contributed by atoms with Crippen LogP contribution in [0, 0.1) is 0 Å². The first-order chi connectivity index (χ1) is 12.3. The Morgan fingerprint density at radius 3 is 2.27 bits per heavy atom. The largest absolute Gasteiger partial charge is 0.457 e. The van der Waals surface area contributed by atoms with Crippen molar-refractivity contribution in [2.24, 2.45) is 5.73 Å². The summed E-state index contributed by atoms with van der Waals surface area (Å²) in [6.07, 6.45) is 0. The van der Waals surface area contributed by atoms with E-state index in [1.165, 1.54) is 6.07 Å². The highest BCUT2D eigenvalue weighted by Crippen LogP contribution is 2.26. The molecule has 0 spiro atoms. The molecule has 3 aromatic rings. The zero-order valence-electron chi connectivity index (χ0n) is 13.4. The van der Waals surface area contributed by atoms with Gasteiger partial charge in [-0.1, -0.05) is 18.2 Å². The first-order valence-corrected chi connectivity index (χ1v) is 9.10. The lowest BCUT2D eigenvalue weighted by molar-refractivity contribution is 0.247. The molecule has 0 aliphatic rings. The zero-order valence-corrected chi connectivity index (χ0v) is 14.3. The second-order valence-electron chi connectivity index (χ2n) is 5.44. The summed E-state index contributed by atoms with van der Waals surface area (Å²) in [5, 5.41) is 4.00. The molecule has 1 heterocycles. The Bertz CT molecular complexity index is 1030. The summed E-state index contributed by atoms with van der Waals surface area (Å²) >= 11 is 0. The van der Waals surface area contributed by atoms with E-state index in [4.69, 9.17) is 15.0 Å². The molecule has 134 valence electrons. The van der Waals surface area contributed by atoms with Gasteiger partial charge in [-0.2, -0.15) is 18.2 Å². The minimum Gasteiger partial charge on any atom is -0.457 e. The molecule has 3 rings (SSSR count). The molecular formula is C17H15N3O5S. The molecule has 0 saturated heterocycles. The summed E-state index contributed by atoms with van der Waals surface area (Å²) < 4.78 is 37.6. The first kappa shape index (κ1) is 17.6. The predicted molar refractivity (Wildman–Crippen MR) is 94.4 cm³/mol. The number of hydrogen-bond acceptors (Lipinski definition) is 5. The molecule has 0 atom stereocenters. The maximum absolute atomic E-state index is 11.4. The van der Waals surface area contributed by atoms with Crippen molar-refractivity contribution in [2.45, 2.75) is 5.75 Å². The fourth-order valence-corrected chi connectivity index (χ4v) is 2.94. The number of ether oxygens (including phenoxy) is 1. The van der Waals surface area contributed by atoms with Gasteiger partial charge in [-0.25, -0.2) is 4.79 Å². The number of hydrogen-bond donors (Lipinski definition) is 2. The molecule has 1 aromatic heterocycles. The normalized spacial score (nSPS) is 11.3. The summed E-state index contributed by atoms with van der Waals surface area (Å²) in [4.78, 5) is 11.4. The van der Waals surface area contributed by atoms with Crippen LogP contribution in [0.5, 0.6) is 11.5 Å². The summed E-state index contributed by atoms with van der Waals surface area (Å²) in [7, 11) is -4.33. The van der Waals surface area contributed by atoms with E-state index < -0.39 is 21.9 Å². The van der Waals surface area contributed by atoms with Crippen molar-refractivity contribution in [1.29, 1.82) is 0 Å². The van der Waals surface area contributed by atoms with Crippen LogP contribution in [0.3, 0.4) is 0 Å². The molecule has 1 amide bonds. The summed E-state index contributed by atoms with van der Waals surface area (Å²) in [6, 6.07) is 16.5. The molecule has 0 fully saturated rings. The SMILES string of the molecule is NC(=O)n1nc(-c2ccc(Oc3ccccc3)cc2)cc1CS(=O)(=O)O. The third-order valence-corrected chi connectivity index (χ3v) is 4.11. The van der Waals surface area contributed by atoms with Gasteiger partial charge in [-0.15, -0.1) is 0 Å². The van der Waals surface area contributed by atoms with E-state index in [1.54, 1.807) is 24.3 Å². The molecule has 3 N–H and O–H groups in total. The van der Waals surface area contributed by atoms with Crippen LogP contribution in [-0.2, 0) is 15.9 Å². The fraction of sp³-hybridized carbons (Fsp3) is 0.0588. The fourth-order valence-electron chi connectivity index (χ4n) is 2.36. The van der Waals surface area contributed by atoms with E-state index in [0.29, 0.717) is 22.8 Å². The van der Waals surface area contributed by atoms with Gasteiger partial charge >= 0.3 is 6.03 Å². The van der Waals surface area contributed by atoms with Crippen molar-refractivity contribution in [3.05, 3.63) is 66.4 Å². The Kier molecular flexibility index (Phi) is 4.74. The predicted octanol–water partition coefficient (Wildman–Crippen LogP) is 2.66. The number of carbonyl (C=O) groups is 1. The maximum atomic E-state index is 11.4. The molecule has 0 unspecified atom stereocenters. The lowest BCUT2D eigenvalue weighted by Crippen LogP contribution is -2.24. The van der Waals surface area contributed by atoms with Crippen molar-refractivity contribution in [3.8, 4) is 22.8 Å². The first-order valence-electron chi connectivity index (χ1n) is 7.49. The Labute approximate surface area is 149 Å². The van der Waals surface area contributed by atoms with E-state index in [-0.39, 0.29) is 5.69 Å². The number of primary amides is 1. The van der Waals surface area contributed by atoms with Crippen LogP contribution in [0.1, 0.15) is 5.69 Å². The standard InChI is InChI=1S/C17H15N3O5S/c18-17(21)20-13(11-26(22,23)24)10-16(19-20)12-6-8-15(9-7-12)25-14-4-2-1-3-5-14/h1-10H,11H2,(H2,18,21)(H,22,23,24). The van der Waals surface area contributed by atoms with Gasteiger partial charge in [0, 0.05) is 5.56 Å². The van der Waals surface area contributed by atoms with Crippen molar-refractivity contribution in [3.63, 3.8) is 0 Å². The monoisotopic (exact) mass is 373 g/mol. The van der Waals surface area contributed by atoms with Crippen LogP contribution in [0.2, 0.25) is 0 Å². The number of aromatic nitrogens is 2. The van der Waals surface area contributed by atoms with Gasteiger partial charge in [0.05, 0.1) is 11.4 Å². The van der Waals surface area contributed by atoms with Crippen molar-refractivity contribution in [2.75, 3.05) is 0 Å². The molecule has 26 heavy (non-hydrogen) atoms. The Morgan fingerprint density at radius 1 is 1.08 bits per heavy atom. The second kappa shape index (κ2) is 6.98. The lowest BCUT2D eigenvalue weighted by atomic mass is 10.1. The highest BCUT2D eigenvalue weighted by Gasteiger charge is 2.18. The molecule has 0 radical (unpaired) electrons. The van der Waals surface area contributed by atoms with Crippen molar-refractivity contribution in [1.82, 2.24) is 9.78 Å². The molecule has 0 aliphatic heterocycles. The third-order valence-electron chi connectivity index (χ3n) is 3.45. The second-order valence-corrected chi connectivity index (χ2v) is 6.89. The van der Waals surface area contributed by atoms with E-state index in [0.717, 1.165) is 4.68 Å². The zero-order chi connectivity index (χ0) is 18.7. The van der Waals surface area contributed by atoms with E-state index >= 15 is 0 Å². The summed E-state index contributed by atoms with van der Waals surface area (Å²) in [5.74, 6) is 0.527. The average molecular weight is 373 g/mol.